The third-order valence-corrected chi connectivity index (χ3v) is 2.30. The van der Waals surface area contributed by atoms with Crippen molar-refractivity contribution in [3.63, 3.8) is 0 Å². The molecule has 0 saturated heterocycles. The number of ether oxygens (including phenoxy) is 2. The van der Waals surface area contributed by atoms with Crippen LogP contribution in [0.1, 0.15) is 0 Å². The third-order valence-electron chi connectivity index (χ3n) is 2.30. The summed E-state index contributed by atoms with van der Waals surface area (Å²) in [5.74, 6) is -1.71. The monoisotopic (exact) mass is 263 g/mol. The molecule has 1 atom stereocenters. The maximum Gasteiger partial charge on any atom is 0.419 e. The van der Waals surface area contributed by atoms with Crippen molar-refractivity contribution in [3.05, 3.63) is 35.9 Å². The van der Waals surface area contributed by atoms with E-state index in [1.165, 1.54) is 0 Å². The Labute approximate surface area is 109 Å². The third kappa shape index (κ3) is 3.65. The van der Waals surface area contributed by atoms with Gasteiger partial charge in [-0.15, -0.1) is 0 Å². The van der Waals surface area contributed by atoms with E-state index in [9.17, 15) is 9.59 Å². The van der Waals surface area contributed by atoms with Crippen LogP contribution in [0.25, 0.3) is 5.53 Å². The Morgan fingerprint density at radius 3 is 2.32 bits per heavy atom. The fraction of sp³-hybridized carbons (Fsp3) is 0.250. The lowest BCUT2D eigenvalue weighted by molar-refractivity contribution is -0.144. The summed E-state index contributed by atoms with van der Waals surface area (Å²) in [6.07, 6.45) is 0. The minimum absolute atomic E-state index is 0.488. The second-order valence-electron chi connectivity index (χ2n) is 3.44. The molecule has 0 amide bonds. The predicted octanol–water partition coefficient (Wildman–Crippen LogP) is 0.484. The molecule has 0 aliphatic rings. The first kappa shape index (κ1) is 14.4. The van der Waals surface area contributed by atoms with Gasteiger partial charge in [-0.2, -0.15) is 4.79 Å². The molecule has 0 aliphatic carbocycles. The van der Waals surface area contributed by atoms with Gasteiger partial charge in [-0.25, -0.2) is 9.59 Å². The van der Waals surface area contributed by atoms with E-state index >= 15 is 0 Å². The largest absolute Gasteiger partial charge is 0.467 e. The van der Waals surface area contributed by atoms with E-state index in [-0.39, 0.29) is 0 Å². The van der Waals surface area contributed by atoms with E-state index in [1.807, 2.05) is 0 Å². The minimum Gasteiger partial charge on any atom is -0.467 e. The molecule has 1 rings (SSSR count). The standard InChI is InChI=1S/C12H13N3O4/c1-18-11(16)9(10(15-13)12(17)19-2)14-8-6-4-3-5-7-8/h3-7,9,14H,1-2H3. The number of anilines is 1. The summed E-state index contributed by atoms with van der Waals surface area (Å²) in [4.78, 5) is 25.9. The quantitative estimate of drug-likeness (QED) is 0.360. The molecule has 100 valence electrons. The number of nitrogens with zero attached hydrogens (tertiary/aromatic N) is 2. The van der Waals surface area contributed by atoms with Gasteiger partial charge in [0.15, 0.2) is 0 Å². The molecule has 1 aromatic carbocycles. The van der Waals surface area contributed by atoms with Crippen LogP contribution in [0.4, 0.5) is 5.69 Å². The molecular weight excluding hydrogens is 250 g/mol. The zero-order chi connectivity index (χ0) is 14.3. The number of nitrogens with one attached hydrogen (secondary N) is 1. The minimum atomic E-state index is -1.26. The zero-order valence-corrected chi connectivity index (χ0v) is 10.5. The number of hydrogen-bond acceptors (Lipinski definition) is 5. The highest BCUT2D eigenvalue weighted by Crippen LogP contribution is 2.09. The van der Waals surface area contributed by atoms with Crippen molar-refractivity contribution in [2.24, 2.45) is 0 Å². The lowest BCUT2D eigenvalue weighted by Crippen LogP contribution is -2.43. The Bertz CT molecular complexity index is 509. The molecule has 0 bridgehead atoms. The molecule has 0 saturated carbocycles. The highest BCUT2D eigenvalue weighted by Gasteiger charge is 2.39. The van der Waals surface area contributed by atoms with Gasteiger partial charge in [0.1, 0.15) is 0 Å². The van der Waals surface area contributed by atoms with Crippen molar-refractivity contribution < 1.29 is 23.9 Å². The topological polar surface area (TPSA) is 101 Å². The van der Waals surface area contributed by atoms with Crippen molar-refractivity contribution in [1.82, 2.24) is 0 Å². The van der Waals surface area contributed by atoms with Crippen LogP contribution in [0.15, 0.2) is 30.3 Å². The molecule has 0 aromatic heterocycles. The second kappa shape index (κ2) is 6.93. The Morgan fingerprint density at radius 1 is 1.21 bits per heavy atom. The molecule has 0 fully saturated rings. The van der Waals surface area contributed by atoms with Gasteiger partial charge in [0.2, 0.25) is 6.04 Å². The first-order chi connectivity index (χ1) is 9.13. The summed E-state index contributed by atoms with van der Waals surface area (Å²) in [6.45, 7) is 0. The first-order valence-corrected chi connectivity index (χ1v) is 5.33. The number of esters is 2. The summed E-state index contributed by atoms with van der Waals surface area (Å²) in [5, 5.41) is 2.73. The maximum absolute atomic E-state index is 11.7. The molecule has 0 aliphatic heterocycles. The first-order valence-electron chi connectivity index (χ1n) is 5.33. The SMILES string of the molecule is COC(=O)C(=[N+]=[N-])C(Nc1ccccc1)C(=O)OC. The average molecular weight is 263 g/mol. The van der Waals surface area contributed by atoms with Crippen LogP contribution in [0.2, 0.25) is 0 Å². The van der Waals surface area contributed by atoms with E-state index in [4.69, 9.17) is 5.53 Å². The molecule has 0 spiro atoms. The number of carbonyl (C=O) groups excluding carboxylic acids is 2. The van der Waals surface area contributed by atoms with Gasteiger partial charge in [-0.3, -0.25) is 0 Å². The van der Waals surface area contributed by atoms with Gasteiger partial charge < -0.3 is 20.3 Å². The number of hydrogen-bond donors (Lipinski definition) is 1. The normalized spacial score (nSPS) is 10.8. The summed E-state index contributed by atoms with van der Waals surface area (Å²) in [7, 11) is 2.28. The molecule has 7 heteroatoms. The van der Waals surface area contributed by atoms with Crippen LogP contribution in [-0.4, -0.2) is 42.7 Å². The highest BCUT2D eigenvalue weighted by atomic mass is 16.5. The summed E-state index contributed by atoms with van der Waals surface area (Å²) < 4.78 is 9.00. The Kier molecular flexibility index (Phi) is 5.25. The van der Waals surface area contributed by atoms with E-state index in [1.54, 1.807) is 30.3 Å². The molecule has 1 N–H and O–H groups in total. The van der Waals surface area contributed by atoms with Gasteiger partial charge in [0.05, 0.1) is 14.2 Å². The molecular formula is C12H13N3O4. The van der Waals surface area contributed by atoms with E-state index < -0.39 is 23.7 Å². The second-order valence-corrected chi connectivity index (χ2v) is 3.44. The molecule has 0 heterocycles. The summed E-state index contributed by atoms with van der Waals surface area (Å²) >= 11 is 0. The highest BCUT2D eigenvalue weighted by molar-refractivity contribution is 6.40. The van der Waals surface area contributed by atoms with Crippen LogP contribution >= 0.6 is 0 Å². The van der Waals surface area contributed by atoms with E-state index in [2.05, 4.69) is 19.6 Å². The van der Waals surface area contributed by atoms with E-state index in [0.717, 1.165) is 14.2 Å². The summed E-state index contributed by atoms with van der Waals surface area (Å²) in [6, 6.07) is 7.38. The van der Waals surface area contributed by atoms with Crippen molar-refractivity contribution in [2.45, 2.75) is 6.04 Å². The lowest BCUT2D eigenvalue weighted by atomic mass is 10.1. The maximum atomic E-state index is 11.7. The van der Waals surface area contributed by atoms with Crippen LogP contribution in [-0.2, 0) is 19.1 Å². The number of rotatable bonds is 5. The van der Waals surface area contributed by atoms with Gasteiger partial charge in [0, 0.05) is 5.69 Å². The number of benzene rings is 1. The molecule has 1 aromatic rings. The number of methoxy groups -OCH3 is 2. The van der Waals surface area contributed by atoms with Crippen molar-refractivity contribution >= 4 is 23.3 Å². The average Bonchev–Trinajstić information content (AvgIpc) is 2.46. The Balaban J connectivity index is 3.05. The molecule has 1 unspecified atom stereocenters. The van der Waals surface area contributed by atoms with Gasteiger partial charge in [-0.1, -0.05) is 18.2 Å². The Morgan fingerprint density at radius 2 is 1.84 bits per heavy atom. The van der Waals surface area contributed by atoms with Crippen LogP contribution in [0, 0.1) is 0 Å². The fourth-order valence-electron chi connectivity index (χ4n) is 1.38. The lowest BCUT2D eigenvalue weighted by Gasteiger charge is -2.12. The number of para-hydroxylation sites is 1. The molecule has 7 nitrogen and oxygen atoms in total. The smallest absolute Gasteiger partial charge is 0.419 e. The van der Waals surface area contributed by atoms with Gasteiger partial charge in [-0.05, 0) is 12.1 Å². The van der Waals surface area contributed by atoms with Gasteiger partial charge in [0.25, 0.3) is 0 Å². The molecule has 0 radical (unpaired) electrons. The number of carbonyl (C=O) groups is 2. The zero-order valence-electron chi connectivity index (χ0n) is 10.5. The van der Waals surface area contributed by atoms with Gasteiger partial charge >= 0.3 is 17.7 Å². The van der Waals surface area contributed by atoms with Crippen molar-refractivity contribution in [1.29, 1.82) is 0 Å². The molecule has 19 heavy (non-hydrogen) atoms. The van der Waals surface area contributed by atoms with Crippen LogP contribution in [0.5, 0.6) is 0 Å². The Hall–Kier alpha value is -2.66. The van der Waals surface area contributed by atoms with Crippen molar-refractivity contribution in [3.8, 4) is 0 Å². The van der Waals surface area contributed by atoms with E-state index in [0.29, 0.717) is 5.69 Å². The summed E-state index contributed by atoms with van der Waals surface area (Å²) in [5.41, 5.74) is 8.93. The predicted molar refractivity (Wildman–Crippen MR) is 66.5 cm³/mol. The van der Waals surface area contributed by atoms with Crippen LogP contribution < -0.4 is 5.32 Å². The fourth-order valence-corrected chi connectivity index (χ4v) is 1.38. The van der Waals surface area contributed by atoms with Crippen molar-refractivity contribution in [2.75, 3.05) is 19.5 Å². The van der Waals surface area contributed by atoms with Crippen LogP contribution in [0.3, 0.4) is 0 Å².